The van der Waals surface area contributed by atoms with E-state index in [1.54, 1.807) is 0 Å². The zero-order valence-electron chi connectivity index (χ0n) is 27.7. The number of rotatable bonds is 19. The van der Waals surface area contributed by atoms with Crippen LogP contribution in [0.2, 0.25) is 0 Å². The molecule has 0 saturated carbocycles. The van der Waals surface area contributed by atoms with Crippen LogP contribution in [0.1, 0.15) is 127 Å². The topological polar surface area (TPSA) is 135 Å². The Bertz CT molecular complexity index is 877. The molecule has 42 heavy (non-hydrogen) atoms. The summed E-state index contributed by atoms with van der Waals surface area (Å²) in [5, 5.41) is 20.9. The van der Waals surface area contributed by atoms with Crippen molar-refractivity contribution in [3.63, 3.8) is 0 Å². The summed E-state index contributed by atoms with van der Waals surface area (Å²) in [6, 6.07) is 1.83. The number of hydrogen-bond donors (Lipinski definition) is 1. The molecule has 0 amide bonds. The van der Waals surface area contributed by atoms with Crippen molar-refractivity contribution in [2.24, 2.45) is 0 Å². The lowest BCUT2D eigenvalue weighted by Gasteiger charge is -2.38. The Morgan fingerprint density at radius 2 is 0.762 bits per heavy atom. The summed E-state index contributed by atoms with van der Waals surface area (Å²) in [6.45, 7) is 29.6. The van der Waals surface area contributed by atoms with Crippen LogP contribution in [0, 0.1) is 0 Å². The van der Waals surface area contributed by atoms with Crippen LogP contribution in [0.3, 0.4) is 0 Å². The maximum atomic E-state index is 10.7. The van der Waals surface area contributed by atoms with Crippen LogP contribution in [0.5, 0.6) is 0 Å². The van der Waals surface area contributed by atoms with E-state index in [-0.39, 0.29) is 0 Å². The number of carboxylic acid groups (broad SMARTS) is 2. The molecule has 0 radical (unpaired) electrons. The predicted octanol–water partition coefficient (Wildman–Crippen LogP) is 4.55. The molecular weight excluding hydrogens is 556 g/mol. The summed E-state index contributed by atoms with van der Waals surface area (Å²) in [4.78, 5) is 20.1. The van der Waals surface area contributed by atoms with Gasteiger partial charge >= 0.3 is 0 Å². The number of carbonyl (C=O) groups excluding carboxylic acids is 2. The van der Waals surface area contributed by atoms with Crippen LogP contribution in [0.25, 0.3) is 0 Å². The van der Waals surface area contributed by atoms with Crippen molar-refractivity contribution in [3.05, 3.63) is 29.3 Å². The highest BCUT2D eigenvalue weighted by molar-refractivity contribution is 7.85. The second kappa shape index (κ2) is 22.5. The first kappa shape index (κ1) is 42.1. The summed E-state index contributed by atoms with van der Waals surface area (Å²) in [7, 11) is -4.70. The normalized spacial score (nSPS) is 11.6. The summed E-state index contributed by atoms with van der Waals surface area (Å²) >= 11 is 0. The number of carboxylic acids is 2. The van der Waals surface area contributed by atoms with E-state index >= 15 is 0 Å². The largest absolute Gasteiger partial charge is 0.545 e. The fourth-order valence-electron chi connectivity index (χ4n) is 6.12. The van der Waals surface area contributed by atoms with Crippen LogP contribution in [0.15, 0.2) is 23.1 Å². The average molecular weight is 617 g/mol. The van der Waals surface area contributed by atoms with Gasteiger partial charge < -0.3 is 28.8 Å². The first-order valence-electron chi connectivity index (χ1n) is 16.0. The summed E-state index contributed by atoms with van der Waals surface area (Å²) < 4.78 is 32.8. The van der Waals surface area contributed by atoms with Crippen LogP contribution >= 0.6 is 0 Å². The number of nitrogens with zero attached hydrogens (tertiary/aromatic N) is 2. The minimum absolute atomic E-state index is 0.580. The van der Waals surface area contributed by atoms with Gasteiger partial charge in [0.15, 0.2) is 0 Å². The molecule has 0 aliphatic rings. The van der Waals surface area contributed by atoms with Crippen molar-refractivity contribution >= 4 is 22.1 Å². The first-order chi connectivity index (χ1) is 19.7. The van der Waals surface area contributed by atoms with E-state index < -0.39 is 38.1 Å². The van der Waals surface area contributed by atoms with Gasteiger partial charge in [-0.2, -0.15) is 8.42 Å². The van der Waals surface area contributed by atoms with E-state index in [4.69, 9.17) is 4.55 Å². The van der Waals surface area contributed by atoms with E-state index in [0.29, 0.717) is 18.2 Å². The number of quaternary nitrogens is 2. The third-order valence-corrected chi connectivity index (χ3v) is 8.09. The lowest BCUT2D eigenvalue weighted by molar-refractivity contribution is -0.928. The molecule has 1 aromatic carbocycles. The Labute approximate surface area is 256 Å². The fraction of sp³-hybridized carbons (Fsp3) is 0.750. The number of aromatic carboxylic acids is 2. The maximum absolute atomic E-state index is 10.7. The quantitative estimate of drug-likeness (QED) is 0.178. The lowest BCUT2D eigenvalue weighted by Crippen LogP contribution is -2.50. The molecule has 0 saturated heterocycles. The standard InChI is InChI=1S/2C12H28N.C8H6O7S/c2*1-5-9-13(10-6-2,11-7-3)12-8-4;9-7(10)4-1-5(8(11)12)3-6(2-4)16(13,14)15/h2*5-12H2,1-4H3;1-3H,(H,9,10)(H,11,12)(H,13,14,15)/q2*+1;/p-2. The van der Waals surface area contributed by atoms with Crippen molar-refractivity contribution < 1.29 is 41.7 Å². The van der Waals surface area contributed by atoms with Gasteiger partial charge in [-0.05, 0) is 80.7 Å². The Kier molecular flexibility index (Phi) is 22.6. The van der Waals surface area contributed by atoms with Gasteiger partial charge in [-0.1, -0.05) is 55.4 Å². The molecule has 0 atom stereocenters. The first-order valence-corrected chi connectivity index (χ1v) is 17.4. The van der Waals surface area contributed by atoms with Crippen molar-refractivity contribution in [1.82, 2.24) is 0 Å². The van der Waals surface area contributed by atoms with Gasteiger partial charge in [0.25, 0.3) is 10.1 Å². The SMILES string of the molecule is CCC[N+](CCC)(CCC)CCC.CCC[N+](CCC)(CCC)CCC.O=C([O-])c1cc(C(=O)[O-])cc(S(=O)(=O)O)c1. The Balaban J connectivity index is 0. The van der Waals surface area contributed by atoms with Crippen LogP contribution in [-0.4, -0.2) is 86.2 Å². The molecule has 1 aromatic rings. The third-order valence-electron chi connectivity index (χ3n) is 7.26. The summed E-state index contributed by atoms with van der Waals surface area (Å²) in [5.74, 6) is -3.54. The monoisotopic (exact) mass is 616 g/mol. The van der Waals surface area contributed by atoms with Crippen molar-refractivity contribution in [2.45, 2.75) is 112 Å². The average Bonchev–Trinajstić information content (AvgIpc) is 2.90. The molecule has 0 aromatic heterocycles. The molecule has 0 aliphatic carbocycles. The zero-order chi connectivity index (χ0) is 32.8. The van der Waals surface area contributed by atoms with Gasteiger partial charge in [0.2, 0.25) is 0 Å². The van der Waals surface area contributed by atoms with Crippen molar-refractivity contribution in [1.29, 1.82) is 0 Å². The molecule has 1 N–H and O–H groups in total. The van der Waals surface area contributed by atoms with E-state index in [0.717, 1.165) is 0 Å². The number of hydrogen-bond acceptors (Lipinski definition) is 6. The summed E-state index contributed by atoms with van der Waals surface area (Å²) in [6.07, 6.45) is 10.7. The number of benzene rings is 1. The molecule has 0 heterocycles. The van der Waals surface area contributed by atoms with Gasteiger partial charge in [0, 0.05) is 0 Å². The third kappa shape index (κ3) is 16.6. The Hall–Kier alpha value is -2.01. The highest BCUT2D eigenvalue weighted by Crippen LogP contribution is 2.15. The molecule has 0 unspecified atom stereocenters. The second-order valence-corrected chi connectivity index (χ2v) is 12.7. The molecule has 1 rings (SSSR count). The number of carbonyl (C=O) groups is 2. The molecule has 246 valence electrons. The second-order valence-electron chi connectivity index (χ2n) is 11.3. The highest BCUT2D eigenvalue weighted by Gasteiger charge is 2.23. The molecular formula is C32H60N2O7S. The zero-order valence-corrected chi connectivity index (χ0v) is 28.6. The predicted molar refractivity (Wildman–Crippen MR) is 167 cm³/mol. The molecule has 0 spiro atoms. The smallest absolute Gasteiger partial charge is 0.294 e. The molecule has 9 nitrogen and oxygen atoms in total. The van der Waals surface area contributed by atoms with Crippen molar-refractivity contribution in [3.8, 4) is 0 Å². The molecule has 10 heteroatoms. The van der Waals surface area contributed by atoms with E-state index in [9.17, 15) is 28.2 Å². The van der Waals surface area contributed by atoms with E-state index in [1.807, 2.05) is 0 Å². The molecule has 0 aliphatic heterocycles. The maximum Gasteiger partial charge on any atom is 0.294 e. The van der Waals surface area contributed by atoms with E-state index in [1.165, 1.54) is 113 Å². The van der Waals surface area contributed by atoms with E-state index in [2.05, 4.69) is 55.4 Å². The highest BCUT2D eigenvalue weighted by atomic mass is 32.2. The molecule has 0 fully saturated rings. The lowest BCUT2D eigenvalue weighted by atomic mass is 10.1. The van der Waals surface area contributed by atoms with Gasteiger partial charge in [0.1, 0.15) is 0 Å². The Morgan fingerprint density at radius 1 is 0.548 bits per heavy atom. The van der Waals surface area contributed by atoms with Gasteiger partial charge in [-0.25, -0.2) is 0 Å². The Morgan fingerprint density at radius 3 is 0.905 bits per heavy atom. The van der Waals surface area contributed by atoms with Crippen LogP contribution in [0.4, 0.5) is 0 Å². The van der Waals surface area contributed by atoms with Crippen molar-refractivity contribution in [2.75, 3.05) is 52.4 Å². The summed E-state index contributed by atoms with van der Waals surface area (Å²) in [5.41, 5.74) is -1.37. The molecule has 0 bridgehead atoms. The van der Waals surface area contributed by atoms with Gasteiger partial charge in [-0.3, -0.25) is 4.55 Å². The minimum atomic E-state index is -4.70. The van der Waals surface area contributed by atoms with Gasteiger partial charge in [-0.15, -0.1) is 0 Å². The minimum Gasteiger partial charge on any atom is -0.545 e. The van der Waals surface area contributed by atoms with Gasteiger partial charge in [0.05, 0.1) is 69.2 Å². The fourth-order valence-corrected chi connectivity index (χ4v) is 6.67. The van der Waals surface area contributed by atoms with Crippen LogP contribution < -0.4 is 10.2 Å². The van der Waals surface area contributed by atoms with Crippen LogP contribution in [-0.2, 0) is 10.1 Å².